The van der Waals surface area contributed by atoms with Gasteiger partial charge in [0.15, 0.2) is 11.7 Å². The van der Waals surface area contributed by atoms with Crippen molar-refractivity contribution in [3.05, 3.63) is 52.2 Å². The fourth-order valence-electron chi connectivity index (χ4n) is 3.62. The molecule has 1 aliphatic heterocycles. The minimum atomic E-state index is -0.131. The largest absolute Gasteiger partial charge is 0.381 e. The molecule has 2 heterocycles. The standard InChI is InChI=1S/C17H12N6/c18-7-12-14-10-4-2-1-3-9(10)5-6-11(14)15-13(8-19)16(20)22-23(15)17(12)21/h1-4,11,21H,5-6H2,(H2,20,22). The first-order valence-corrected chi connectivity index (χ1v) is 7.27. The molecule has 1 aromatic heterocycles. The van der Waals surface area contributed by atoms with E-state index in [0.29, 0.717) is 16.8 Å². The van der Waals surface area contributed by atoms with Gasteiger partial charge >= 0.3 is 0 Å². The Kier molecular flexibility index (Phi) is 2.63. The lowest BCUT2D eigenvalue weighted by atomic mass is 9.73. The van der Waals surface area contributed by atoms with Gasteiger partial charge in [0.05, 0.1) is 5.69 Å². The number of aromatic nitrogens is 2. The molecule has 0 saturated carbocycles. The molecule has 1 aliphatic carbocycles. The molecule has 23 heavy (non-hydrogen) atoms. The molecular formula is C17H12N6. The van der Waals surface area contributed by atoms with Crippen molar-refractivity contribution in [3.63, 3.8) is 0 Å². The van der Waals surface area contributed by atoms with Gasteiger partial charge in [-0.1, -0.05) is 24.3 Å². The predicted molar refractivity (Wildman–Crippen MR) is 84.5 cm³/mol. The minimum Gasteiger partial charge on any atom is -0.381 e. The molecule has 1 atom stereocenters. The average Bonchev–Trinajstić information content (AvgIpc) is 2.92. The van der Waals surface area contributed by atoms with Gasteiger partial charge in [-0.25, -0.2) is 4.68 Å². The summed E-state index contributed by atoms with van der Waals surface area (Å²) in [5.74, 6) is -0.0311. The Labute approximate surface area is 132 Å². The van der Waals surface area contributed by atoms with Gasteiger partial charge in [-0.15, -0.1) is 5.10 Å². The lowest BCUT2D eigenvalue weighted by Crippen LogP contribution is -2.29. The lowest BCUT2D eigenvalue weighted by Gasteiger charge is -2.33. The van der Waals surface area contributed by atoms with Gasteiger partial charge < -0.3 is 5.73 Å². The molecule has 1 unspecified atom stereocenters. The van der Waals surface area contributed by atoms with Crippen molar-refractivity contribution in [3.8, 4) is 12.1 Å². The number of hydrogen-bond donors (Lipinski definition) is 2. The molecule has 6 heteroatoms. The van der Waals surface area contributed by atoms with Crippen LogP contribution < -0.4 is 5.73 Å². The van der Waals surface area contributed by atoms with Crippen LogP contribution in [0.25, 0.3) is 5.57 Å². The van der Waals surface area contributed by atoms with Crippen LogP contribution in [0.3, 0.4) is 0 Å². The molecule has 0 spiro atoms. The lowest BCUT2D eigenvalue weighted by molar-refractivity contribution is 0.669. The van der Waals surface area contributed by atoms with Crippen LogP contribution in [0.15, 0.2) is 29.8 Å². The van der Waals surface area contributed by atoms with Gasteiger partial charge in [0.1, 0.15) is 23.3 Å². The first-order chi connectivity index (χ1) is 11.2. The maximum absolute atomic E-state index is 9.60. The zero-order valence-corrected chi connectivity index (χ0v) is 12.2. The molecule has 0 radical (unpaired) electrons. The Hall–Kier alpha value is -3.38. The third kappa shape index (κ3) is 1.60. The molecule has 0 bridgehead atoms. The van der Waals surface area contributed by atoms with E-state index in [1.54, 1.807) is 0 Å². The molecule has 2 aromatic rings. The number of nitriles is 2. The first kappa shape index (κ1) is 13.3. The zero-order chi connectivity index (χ0) is 16.1. The zero-order valence-electron chi connectivity index (χ0n) is 12.2. The van der Waals surface area contributed by atoms with E-state index in [-0.39, 0.29) is 17.6 Å². The van der Waals surface area contributed by atoms with Crippen LogP contribution in [0, 0.1) is 28.1 Å². The van der Waals surface area contributed by atoms with E-state index >= 15 is 0 Å². The quantitative estimate of drug-likeness (QED) is 0.775. The highest BCUT2D eigenvalue weighted by molar-refractivity contribution is 6.11. The van der Waals surface area contributed by atoms with Gasteiger partial charge in [-0.05, 0) is 29.5 Å². The number of nitrogens with one attached hydrogen (secondary N) is 1. The summed E-state index contributed by atoms with van der Waals surface area (Å²) < 4.78 is 1.36. The number of hydrogen-bond acceptors (Lipinski definition) is 5. The van der Waals surface area contributed by atoms with Crippen molar-refractivity contribution < 1.29 is 0 Å². The van der Waals surface area contributed by atoms with Gasteiger partial charge in [0.2, 0.25) is 0 Å². The highest BCUT2D eigenvalue weighted by Gasteiger charge is 2.39. The molecule has 1 aromatic carbocycles. The molecular weight excluding hydrogens is 288 g/mol. The second-order valence-electron chi connectivity index (χ2n) is 5.67. The van der Waals surface area contributed by atoms with Crippen LogP contribution in [0.1, 0.15) is 34.7 Å². The van der Waals surface area contributed by atoms with Crippen molar-refractivity contribution in [1.29, 1.82) is 15.9 Å². The summed E-state index contributed by atoms with van der Waals surface area (Å²) in [5.41, 5.74) is 10.1. The van der Waals surface area contributed by atoms with E-state index in [0.717, 1.165) is 24.0 Å². The third-order valence-corrected chi connectivity index (χ3v) is 4.58. The second kappa shape index (κ2) is 4.56. The Morgan fingerprint density at radius 1 is 1.26 bits per heavy atom. The summed E-state index contributed by atoms with van der Waals surface area (Å²) in [6.07, 6.45) is 1.62. The van der Waals surface area contributed by atoms with Crippen molar-refractivity contribution in [2.45, 2.75) is 18.8 Å². The van der Waals surface area contributed by atoms with E-state index in [1.165, 1.54) is 10.2 Å². The van der Waals surface area contributed by atoms with Crippen LogP contribution in [-0.2, 0) is 6.42 Å². The second-order valence-corrected chi connectivity index (χ2v) is 5.67. The summed E-state index contributed by atoms with van der Waals surface area (Å²) in [6.45, 7) is 0. The van der Waals surface area contributed by atoms with Gasteiger partial charge in [0.25, 0.3) is 0 Å². The van der Waals surface area contributed by atoms with E-state index in [4.69, 9.17) is 11.1 Å². The first-order valence-electron chi connectivity index (χ1n) is 7.27. The SMILES string of the molecule is N#CC1=C2c3ccccc3CCC2c2c(C#N)c(N)nn2C1=N. The molecule has 3 N–H and O–H groups in total. The maximum atomic E-state index is 9.60. The van der Waals surface area contributed by atoms with Crippen LogP contribution in [0.5, 0.6) is 0 Å². The number of allylic oxidation sites excluding steroid dienone is 2. The third-order valence-electron chi connectivity index (χ3n) is 4.58. The number of fused-ring (bicyclic) bond motifs is 5. The Bertz CT molecular complexity index is 979. The summed E-state index contributed by atoms with van der Waals surface area (Å²) in [7, 11) is 0. The molecule has 6 nitrogen and oxygen atoms in total. The van der Waals surface area contributed by atoms with Crippen LogP contribution >= 0.6 is 0 Å². The molecule has 4 rings (SSSR count). The summed E-state index contributed by atoms with van der Waals surface area (Å²) in [4.78, 5) is 0. The smallest absolute Gasteiger partial charge is 0.164 e. The Morgan fingerprint density at radius 3 is 2.78 bits per heavy atom. The van der Waals surface area contributed by atoms with E-state index in [2.05, 4.69) is 17.2 Å². The maximum Gasteiger partial charge on any atom is 0.164 e. The van der Waals surface area contributed by atoms with Crippen LogP contribution in [-0.4, -0.2) is 15.6 Å². The van der Waals surface area contributed by atoms with Crippen LogP contribution in [0.4, 0.5) is 5.82 Å². The highest BCUT2D eigenvalue weighted by Crippen LogP contribution is 2.47. The molecule has 0 fully saturated rings. The van der Waals surface area contributed by atoms with Gasteiger partial charge in [-0.3, -0.25) is 5.41 Å². The summed E-state index contributed by atoms with van der Waals surface area (Å²) >= 11 is 0. The number of aryl methyl sites for hydroxylation is 1. The van der Waals surface area contributed by atoms with E-state index in [9.17, 15) is 10.5 Å². The number of rotatable bonds is 0. The predicted octanol–water partition coefficient (Wildman–Crippen LogP) is 2.18. The normalized spacial score (nSPS) is 18.5. The summed E-state index contributed by atoms with van der Waals surface area (Å²) in [6, 6.07) is 12.2. The number of nitrogen functional groups attached to an aromatic ring is 1. The molecule has 2 aliphatic rings. The van der Waals surface area contributed by atoms with Crippen LogP contribution in [0.2, 0.25) is 0 Å². The number of nitrogens with zero attached hydrogens (tertiary/aromatic N) is 4. The summed E-state index contributed by atoms with van der Waals surface area (Å²) in [5, 5.41) is 31.5. The Morgan fingerprint density at radius 2 is 2.04 bits per heavy atom. The number of nitrogens with two attached hydrogens (primary N) is 1. The van der Waals surface area contributed by atoms with Gasteiger partial charge in [0, 0.05) is 5.92 Å². The topological polar surface area (TPSA) is 115 Å². The number of benzene rings is 1. The fourth-order valence-corrected chi connectivity index (χ4v) is 3.62. The molecule has 110 valence electrons. The van der Waals surface area contributed by atoms with Crippen molar-refractivity contribution in [2.24, 2.45) is 0 Å². The fraction of sp³-hybridized carbons (Fsp3) is 0.176. The highest BCUT2D eigenvalue weighted by atomic mass is 15.3. The molecule has 0 saturated heterocycles. The average molecular weight is 300 g/mol. The van der Waals surface area contributed by atoms with E-state index < -0.39 is 0 Å². The van der Waals surface area contributed by atoms with Crippen molar-refractivity contribution >= 4 is 17.2 Å². The van der Waals surface area contributed by atoms with E-state index in [1.807, 2.05) is 24.3 Å². The van der Waals surface area contributed by atoms with Crippen molar-refractivity contribution in [1.82, 2.24) is 9.78 Å². The number of anilines is 1. The van der Waals surface area contributed by atoms with Crippen molar-refractivity contribution in [2.75, 3.05) is 5.73 Å². The molecule has 0 amide bonds. The monoisotopic (exact) mass is 300 g/mol. The van der Waals surface area contributed by atoms with Gasteiger partial charge in [-0.2, -0.15) is 10.5 Å². The Balaban J connectivity index is 2.07. The minimum absolute atomic E-state index is 0.0151.